The van der Waals surface area contributed by atoms with E-state index in [0.717, 1.165) is 17.5 Å². The van der Waals surface area contributed by atoms with Crippen LogP contribution in [0.15, 0.2) is 41.2 Å². The van der Waals surface area contributed by atoms with Crippen molar-refractivity contribution < 1.29 is 0 Å². The highest BCUT2D eigenvalue weighted by atomic mass is 16.1. The van der Waals surface area contributed by atoms with Crippen molar-refractivity contribution >= 4 is 0 Å². The Hall–Kier alpha value is -1.37. The molecule has 0 saturated carbocycles. The van der Waals surface area contributed by atoms with E-state index >= 15 is 0 Å². The molecular formula is C12H14O. The van der Waals surface area contributed by atoms with Gasteiger partial charge in [0.05, 0.1) is 0 Å². The van der Waals surface area contributed by atoms with Crippen LogP contribution in [0.5, 0.6) is 0 Å². The quantitative estimate of drug-likeness (QED) is 0.629. The van der Waals surface area contributed by atoms with Gasteiger partial charge in [0.15, 0.2) is 5.43 Å². The lowest BCUT2D eigenvalue weighted by Gasteiger charge is -1.90. The summed E-state index contributed by atoms with van der Waals surface area (Å²) in [5, 5.41) is 0. The fourth-order valence-electron chi connectivity index (χ4n) is 1.18. The summed E-state index contributed by atoms with van der Waals surface area (Å²) in [5.41, 5.74) is 1.83. The van der Waals surface area contributed by atoms with Crippen LogP contribution in [-0.2, 0) is 6.42 Å². The van der Waals surface area contributed by atoms with Crippen molar-refractivity contribution in [3.05, 3.63) is 57.8 Å². The molecule has 13 heavy (non-hydrogen) atoms. The van der Waals surface area contributed by atoms with Gasteiger partial charge in [-0.15, -0.1) is 0 Å². The number of hydrogen-bond acceptors (Lipinski definition) is 1. The predicted octanol–water partition coefficient (Wildman–Crippen LogP) is 2.47. The standard InChI is InChI=1S/C12H14O/c1-3-4-8-11-9-6-5-7-10(2)12(11)13/h3-7,9H,8H2,1-2H3/b4-3+. The van der Waals surface area contributed by atoms with Crippen LogP contribution >= 0.6 is 0 Å². The Kier molecular flexibility index (Phi) is 3.44. The number of aryl methyl sites for hydroxylation is 1. The smallest absolute Gasteiger partial charge is 0.185 e. The first-order chi connectivity index (χ1) is 6.25. The second-order valence-corrected chi connectivity index (χ2v) is 3.03. The molecule has 1 heteroatoms. The zero-order valence-electron chi connectivity index (χ0n) is 8.08. The van der Waals surface area contributed by atoms with Gasteiger partial charge < -0.3 is 0 Å². The van der Waals surface area contributed by atoms with Crippen molar-refractivity contribution in [2.45, 2.75) is 20.3 Å². The highest BCUT2D eigenvalue weighted by Gasteiger charge is 1.96. The minimum Gasteiger partial charge on any atom is -0.289 e. The lowest BCUT2D eigenvalue weighted by atomic mass is 10.1. The van der Waals surface area contributed by atoms with Gasteiger partial charge in [-0.25, -0.2) is 0 Å². The molecule has 0 atom stereocenters. The van der Waals surface area contributed by atoms with Gasteiger partial charge in [0, 0.05) is 5.56 Å². The van der Waals surface area contributed by atoms with Crippen molar-refractivity contribution in [2.75, 3.05) is 0 Å². The van der Waals surface area contributed by atoms with E-state index in [-0.39, 0.29) is 5.43 Å². The van der Waals surface area contributed by atoms with Gasteiger partial charge in [-0.2, -0.15) is 0 Å². The fraction of sp³-hybridized carbons (Fsp3) is 0.250. The molecule has 0 unspecified atom stereocenters. The lowest BCUT2D eigenvalue weighted by Crippen LogP contribution is -2.07. The molecule has 0 amide bonds. The Morgan fingerprint density at radius 3 is 2.69 bits per heavy atom. The molecule has 1 aromatic rings. The van der Waals surface area contributed by atoms with Crippen LogP contribution in [0.3, 0.4) is 0 Å². The van der Waals surface area contributed by atoms with E-state index in [1.165, 1.54) is 0 Å². The molecule has 0 bridgehead atoms. The maximum Gasteiger partial charge on any atom is 0.185 e. The zero-order chi connectivity index (χ0) is 9.68. The van der Waals surface area contributed by atoms with Crippen molar-refractivity contribution in [3.63, 3.8) is 0 Å². The maximum absolute atomic E-state index is 11.6. The molecule has 0 saturated heterocycles. The summed E-state index contributed by atoms with van der Waals surface area (Å²) >= 11 is 0. The average molecular weight is 174 g/mol. The lowest BCUT2D eigenvalue weighted by molar-refractivity contribution is 1.22. The second kappa shape index (κ2) is 4.61. The van der Waals surface area contributed by atoms with Crippen LogP contribution in [0, 0.1) is 6.92 Å². The molecule has 68 valence electrons. The fourth-order valence-corrected chi connectivity index (χ4v) is 1.18. The largest absolute Gasteiger partial charge is 0.289 e. The first-order valence-electron chi connectivity index (χ1n) is 4.45. The predicted molar refractivity (Wildman–Crippen MR) is 56.0 cm³/mol. The van der Waals surface area contributed by atoms with Gasteiger partial charge in [-0.1, -0.05) is 36.4 Å². The molecule has 0 heterocycles. The van der Waals surface area contributed by atoms with Crippen molar-refractivity contribution in [3.8, 4) is 0 Å². The van der Waals surface area contributed by atoms with E-state index in [0.29, 0.717) is 0 Å². The van der Waals surface area contributed by atoms with Crippen LogP contribution in [-0.4, -0.2) is 0 Å². The minimum atomic E-state index is 0.156. The summed E-state index contributed by atoms with van der Waals surface area (Å²) in [7, 11) is 0. The minimum absolute atomic E-state index is 0.156. The van der Waals surface area contributed by atoms with E-state index in [1.807, 2.05) is 50.3 Å². The SMILES string of the molecule is C/C=C/Cc1ccccc(C)c1=O. The second-order valence-electron chi connectivity index (χ2n) is 3.03. The van der Waals surface area contributed by atoms with Crippen LogP contribution < -0.4 is 5.43 Å². The Balaban J connectivity index is 3.16. The topological polar surface area (TPSA) is 17.1 Å². The maximum atomic E-state index is 11.6. The summed E-state index contributed by atoms with van der Waals surface area (Å²) in [6.07, 6.45) is 4.68. The van der Waals surface area contributed by atoms with E-state index in [2.05, 4.69) is 0 Å². The third-order valence-electron chi connectivity index (χ3n) is 1.98. The van der Waals surface area contributed by atoms with E-state index in [4.69, 9.17) is 0 Å². The van der Waals surface area contributed by atoms with E-state index < -0.39 is 0 Å². The molecule has 0 spiro atoms. The third kappa shape index (κ3) is 2.55. The summed E-state index contributed by atoms with van der Waals surface area (Å²) in [6.45, 7) is 3.81. The molecular weight excluding hydrogens is 160 g/mol. The number of hydrogen-bond donors (Lipinski definition) is 0. The Labute approximate surface area is 78.7 Å². The normalized spacial score (nSPS) is 10.6. The van der Waals surface area contributed by atoms with E-state index in [9.17, 15) is 4.79 Å². The van der Waals surface area contributed by atoms with Crippen molar-refractivity contribution in [1.82, 2.24) is 0 Å². The summed E-state index contributed by atoms with van der Waals surface area (Å²) < 4.78 is 0. The van der Waals surface area contributed by atoms with Crippen molar-refractivity contribution in [1.29, 1.82) is 0 Å². The molecule has 0 aliphatic rings. The molecule has 0 fully saturated rings. The third-order valence-corrected chi connectivity index (χ3v) is 1.98. The number of allylic oxidation sites excluding steroid dienone is 2. The number of rotatable bonds is 2. The molecule has 1 rings (SSSR count). The van der Waals surface area contributed by atoms with Crippen LogP contribution in [0.1, 0.15) is 18.1 Å². The Bertz CT molecular complexity index is 364. The van der Waals surface area contributed by atoms with Gasteiger partial charge in [0.2, 0.25) is 0 Å². The summed E-state index contributed by atoms with van der Waals surface area (Å²) in [6, 6.07) is 7.54. The van der Waals surface area contributed by atoms with Gasteiger partial charge in [0.1, 0.15) is 0 Å². The molecule has 0 aromatic heterocycles. The Morgan fingerprint density at radius 1 is 1.31 bits per heavy atom. The zero-order valence-corrected chi connectivity index (χ0v) is 8.08. The van der Waals surface area contributed by atoms with E-state index in [1.54, 1.807) is 0 Å². The van der Waals surface area contributed by atoms with Crippen molar-refractivity contribution in [2.24, 2.45) is 0 Å². The molecule has 0 N–H and O–H groups in total. The highest BCUT2D eigenvalue weighted by Crippen LogP contribution is 1.96. The first kappa shape index (κ1) is 9.72. The monoisotopic (exact) mass is 174 g/mol. The molecule has 0 aliphatic carbocycles. The summed E-state index contributed by atoms with van der Waals surface area (Å²) in [4.78, 5) is 11.6. The first-order valence-corrected chi connectivity index (χ1v) is 4.45. The van der Waals surface area contributed by atoms with Gasteiger partial charge in [0.25, 0.3) is 0 Å². The summed E-state index contributed by atoms with van der Waals surface area (Å²) in [5.74, 6) is 0. The highest BCUT2D eigenvalue weighted by molar-refractivity contribution is 5.22. The molecule has 0 aliphatic heterocycles. The van der Waals surface area contributed by atoms with Crippen LogP contribution in [0.25, 0.3) is 0 Å². The van der Waals surface area contributed by atoms with Gasteiger partial charge in [-0.3, -0.25) is 4.79 Å². The van der Waals surface area contributed by atoms with Crippen LogP contribution in [0.4, 0.5) is 0 Å². The van der Waals surface area contributed by atoms with Crippen LogP contribution in [0.2, 0.25) is 0 Å². The Morgan fingerprint density at radius 2 is 2.00 bits per heavy atom. The molecule has 1 aromatic carbocycles. The molecule has 1 nitrogen and oxygen atoms in total. The van der Waals surface area contributed by atoms with Gasteiger partial charge >= 0.3 is 0 Å². The van der Waals surface area contributed by atoms with Gasteiger partial charge in [-0.05, 0) is 25.8 Å². The molecule has 0 radical (unpaired) electrons. The average Bonchev–Trinajstić information content (AvgIpc) is 2.28.